The predicted octanol–water partition coefficient (Wildman–Crippen LogP) is 1.56. The van der Waals surface area contributed by atoms with Crippen LogP contribution >= 0.6 is 24.0 Å². The highest BCUT2D eigenvalue weighted by molar-refractivity contribution is 7.99. The Morgan fingerprint density at radius 2 is 2.00 bits per heavy atom. The summed E-state index contributed by atoms with van der Waals surface area (Å²) in [7, 11) is 0. The van der Waals surface area contributed by atoms with Crippen LogP contribution in [0.4, 0.5) is 0 Å². The summed E-state index contributed by atoms with van der Waals surface area (Å²) in [6, 6.07) is 0.310. The van der Waals surface area contributed by atoms with Gasteiger partial charge in [0.1, 0.15) is 0 Å². The largest absolute Gasteiger partial charge is 0.393 e. The highest BCUT2D eigenvalue weighted by Gasteiger charge is 2.27. The fourth-order valence-electron chi connectivity index (χ4n) is 1.89. The fraction of sp³-hybridized carbons (Fsp3) is 0.818. The first-order chi connectivity index (χ1) is 7.52. The van der Waals surface area contributed by atoms with Crippen molar-refractivity contribution in [3.05, 3.63) is 0 Å². The standard InChI is InChI=1S/C11H20N2OS2/c1-7(2)9(10(12)15)11(14)13-8-3-5-16-6-4-8/h7-9H,3-6H2,1-2H3,(H2,12,15)(H,13,14). The van der Waals surface area contributed by atoms with E-state index in [1.165, 1.54) is 0 Å². The lowest BCUT2D eigenvalue weighted by Gasteiger charge is -2.26. The maximum atomic E-state index is 12.0. The zero-order valence-corrected chi connectivity index (χ0v) is 11.5. The van der Waals surface area contributed by atoms with Crippen molar-refractivity contribution in [3.8, 4) is 0 Å². The third-order valence-electron chi connectivity index (χ3n) is 2.82. The number of hydrogen-bond donors (Lipinski definition) is 2. The number of carbonyl (C=O) groups excluding carboxylic acids is 1. The molecular weight excluding hydrogens is 240 g/mol. The molecule has 1 saturated heterocycles. The summed E-state index contributed by atoms with van der Waals surface area (Å²) in [5, 5.41) is 3.06. The molecule has 5 heteroatoms. The van der Waals surface area contributed by atoms with Gasteiger partial charge in [0, 0.05) is 6.04 Å². The van der Waals surface area contributed by atoms with Gasteiger partial charge in [-0.25, -0.2) is 0 Å². The topological polar surface area (TPSA) is 55.1 Å². The molecule has 1 rings (SSSR count). The number of carbonyl (C=O) groups is 1. The van der Waals surface area contributed by atoms with Crippen LogP contribution in [0.15, 0.2) is 0 Å². The summed E-state index contributed by atoms with van der Waals surface area (Å²) in [4.78, 5) is 12.3. The number of thioether (sulfide) groups is 1. The molecule has 3 N–H and O–H groups in total. The average molecular weight is 260 g/mol. The highest BCUT2D eigenvalue weighted by Crippen LogP contribution is 2.18. The number of nitrogens with one attached hydrogen (secondary N) is 1. The van der Waals surface area contributed by atoms with E-state index in [4.69, 9.17) is 18.0 Å². The van der Waals surface area contributed by atoms with Crippen LogP contribution in [0.2, 0.25) is 0 Å². The van der Waals surface area contributed by atoms with E-state index >= 15 is 0 Å². The van der Waals surface area contributed by atoms with E-state index in [0.717, 1.165) is 24.3 Å². The molecule has 1 aliphatic rings. The minimum Gasteiger partial charge on any atom is -0.393 e. The van der Waals surface area contributed by atoms with E-state index < -0.39 is 0 Å². The summed E-state index contributed by atoms with van der Waals surface area (Å²) < 4.78 is 0. The van der Waals surface area contributed by atoms with E-state index in [2.05, 4.69) is 5.32 Å². The van der Waals surface area contributed by atoms with Gasteiger partial charge in [0.05, 0.1) is 10.9 Å². The van der Waals surface area contributed by atoms with Gasteiger partial charge in [-0.15, -0.1) is 0 Å². The van der Waals surface area contributed by atoms with Crippen molar-refractivity contribution in [2.45, 2.75) is 32.7 Å². The van der Waals surface area contributed by atoms with Crippen LogP contribution in [0.25, 0.3) is 0 Å². The van der Waals surface area contributed by atoms with Crippen LogP contribution in [-0.4, -0.2) is 28.4 Å². The molecule has 1 aliphatic heterocycles. The number of amides is 1. The SMILES string of the molecule is CC(C)C(C(=O)NC1CCSCC1)C(N)=S. The lowest BCUT2D eigenvalue weighted by atomic mass is 9.94. The van der Waals surface area contributed by atoms with Crippen molar-refractivity contribution in [2.24, 2.45) is 17.6 Å². The van der Waals surface area contributed by atoms with Gasteiger partial charge < -0.3 is 11.1 Å². The monoisotopic (exact) mass is 260 g/mol. The first-order valence-corrected chi connectivity index (χ1v) is 7.26. The second-order valence-electron chi connectivity index (χ2n) is 4.52. The van der Waals surface area contributed by atoms with Crippen molar-refractivity contribution in [1.29, 1.82) is 0 Å². The molecule has 0 aliphatic carbocycles. The molecule has 0 spiro atoms. The minimum atomic E-state index is -0.329. The Morgan fingerprint density at radius 3 is 2.44 bits per heavy atom. The Kier molecular flexibility index (Phi) is 5.55. The van der Waals surface area contributed by atoms with Crippen LogP contribution in [0.5, 0.6) is 0 Å². The van der Waals surface area contributed by atoms with E-state index in [1.54, 1.807) is 0 Å². The number of thiocarbonyl (C=S) groups is 1. The first-order valence-electron chi connectivity index (χ1n) is 5.69. The molecular formula is C11H20N2OS2. The lowest BCUT2D eigenvalue weighted by Crippen LogP contribution is -2.46. The Bertz CT molecular complexity index is 263. The predicted molar refractivity (Wildman–Crippen MR) is 73.6 cm³/mol. The van der Waals surface area contributed by atoms with Gasteiger partial charge in [0.15, 0.2) is 0 Å². The van der Waals surface area contributed by atoms with Crippen molar-refractivity contribution in [2.75, 3.05) is 11.5 Å². The van der Waals surface area contributed by atoms with Crippen LogP contribution in [0.1, 0.15) is 26.7 Å². The van der Waals surface area contributed by atoms with Gasteiger partial charge >= 0.3 is 0 Å². The summed E-state index contributed by atoms with van der Waals surface area (Å²) in [5.74, 6) is 2.09. The third-order valence-corrected chi connectivity index (χ3v) is 4.13. The molecule has 1 fully saturated rings. The van der Waals surface area contributed by atoms with Crippen LogP contribution < -0.4 is 11.1 Å². The van der Waals surface area contributed by atoms with E-state index in [-0.39, 0.29) is 17.7 Å². The normalized spacial score (nSPS) is 19.4. The van der Waals surface area contributed by atoms with Gasteiger partial charge in [0.2, 0.25) is 5.91 Å². The van der Waals surface area contributed by atoms with Gasteiger partial charge in [-0.2, -0.15) is 11.8 Å². The first kappa shape index (κ1) is 13.8. The Labute approximate surface area is 107 Å². The van der Waals surface area contributed by atoms with Crippen molar-refractivity contribution in [1.82, 2.24) is 5.32 Å². The number of hydrogen-bond acceptors (Lipinski definition) is 3. The molecule has 0 bridgehead atoms. The summed E-state index contributed by atoms with van der Waals surface area (Å²) in [5.41, 5.74) is 5.61. The minimum absolute atomic E-state index is 0.000556. The average Bonchev–Trinajstić information content (AvgIpc) is 2.17. The molecule has 16 heavy (non-hydrogen) atoms. The lowest BCUT2D eigenvalue weighted by molar-refractivity contribution is -0.124. The van der Waals surface area contributed by atoms with E-state index in [9.17, 15) is 4.79 Å². The second kappa shape index (κ2) is 6.45. The molecule has 1 atom stereocenters. The maximum Gasteiger partial charge on any atom is 0.230 e. The molecule has 0 aromatic carbocycles. The van der Waals surface area contributed by atoms with Gasteiger partial charge in [-0.1, -0.05) is 26.1 Å². The fourth-order valence-corrected chi connectivity index (χ4v) is 3.38. The van der Waals surface area contributed by atoms with Gasteiger partial charge in [0.25, 0.3) is 0 Å². The van der Waals surface area contributed by atoms with Crippen LogP contribution in [-0.2, 0) is 4.79 Å². The molecule has 0 aromatic rings. The molecule has 0 saturated carbocycles. The molecule has 0 radical (unpaired) electrons. The Balaban J connectivity index is 2.51. The molecule has 1 amide bonds. The van der Waals surface area contributed by atoms with Crippen molar-refractivity contribution in [3.63, 3.8) is 0 Å². The molecule has 0 aromatic heterocycles. The van der Waals surface area contributed by atoms with E-state index in [1.807, 2.05) is 25.6 Å². The van der Waals surface area contributed by atoms with Crippen LogP contribution in [0, 0.1) is 11.8 Å². The zero-order chi connectivity index (χ0) is 12.1. The number of rotatable bonds is 4. The zero-order valence-electron chi connectivity index (χ0n) is 9.86. The smallest absolute Gasteiger partial charge is 0.230 e. The molecule has 3 nitrogen and oxygen atoms in total. The van der Waals surface area contributed by atoms with Gasteiger partial charge in [-0.05, 0) is 30.3 Å². The molecule has 1 unspecified atom stereocenters. The van der Waals surface area contributed by atoms with E-state index in [0.29, 0.717) is 11.0 Å². The third kappa shape index (κ3) is 3.94. The maximum absolute atomic E-state index is 12.0. The number of nitrogens with two attached hydrogens (primary N) is 1. The Hall–Kier alpha value is -0.290. The molecule has 92 valence electrons. The van der Waals surface area contributed by atoms with Crippen LogP contribution in [0.3, 0.4) is 0 Å². The van der Waals surface area contributed by atoms with Crippen molar-refractivity contribution >= 4 is 34.9 Å². The molecule has 1 heterocycles. The quantitative estimate of drug-likeness (QED) is 0.753. The summed E-state index contributed by atoms with van der Waals surface area (Å²) in [6.07, 6.45) is 2.11. The second-order valence-corrected chi connectivity index (χ2v) is 6.22. The van der Waals surface area contributed by atoms with Crippen molar-refractivity contribution < 1.29 is 4.79 Å². The summed E-state index contributed by atoms with van der Waals surface area (Å²) in [6.45, 7) is 3.94. The van der Waals surface area contributed by atoms with Gasteiger partial charge in [-0.3, -0.25) is 4.79 Å². The highest BCUT2D eigenvalue weighted by atomic mass is 32.2. The Morgan fingerprint density at radius 1 is 1.44 bits per heavy atom. The summed E-state index contributed by atoms with van der Waals surface area (Å²) >= 11 is 6.89.